The van der Waals surface area contributed by atoms with Crippen molar-refractivity contribution in [1.82, 2.24) is 19.4 Å². The van der Waals surface area contributed by atoms with Gasteiger partial charge in [0, 0.05) is 30.5 Å². The topological polar surface area (TPSA) is 68.1 Å². The van der Waals surface area contributed by atoms with Crippen LogP contribution in [0, 0.1) is 0 Å². The molecule has 1 aliphatic heterocycles. The number of pyridine rings is 1. The predicted octanol–water partition coefficient (Wildman–Crippen LogP) is 2.67. The van der Waals surface area contributed by atoms with Gasteiger partial charge in [0.05, 0.1) is 18.0 Å². The van der Waals surface area contributed by atoms with E-state index in [2.05, 4.69) is 9.97 Å². The van der Waals surface area contributed by atoms with Crippen molar-refractivity contribution in [2.45, 2.75) is 56.5 Å². The first kappa shape index (κ1) is 19.2. The SMILES string of the molecule is O=C(CSc1nc(=O)n(Cc2ccccn2)c2c1CCC2)N1CCCCCC1. The molecule has 6 nitrogen and oxygen atoms in total. The smallest absolute Gasteiger partial charge is 0.342 e. The molecule has 0 atom stereocenters. The highest BCUT2D eigenvalue weighted by Gasteiger charge is 2.23. The van der Waals surface area contributed by atoms with Crippen molar-refractivity contribution in [3.05, 3.63) is 51.8 Å². The van der Waals surface area contributed by atoms with Crippen LogP contribution in [0.2, 0.25) is 0 Å². The normalized spacial score (nSPS) is 16.6. The Bertz CT molecular complexity index is 889. The van der Waals surface area contributed by atoms with E-state index in [0.717, 1.165) is 67.2 Å². The van der Waals surface area contributed by atoms with Gasteiger partial charge < -0.3 is 4.90 Å². The molecule has 2 aromatic heterocycles. The minimum atomic E-state index is -0.240. The molecule has 0 unspecified atom stereocenters. The van der Waals surface area contributed by atoms with E-state index in [4.69, 9.17) is 0 Å². The van der Waals surface area contributed by atoms with Gasteiger partial charge >= 0.3 is 5.69 Å². The third-order valence-corrected chi connectivity index (χ3v) is 6.54. The summed E-state index contributed by atoms with van der Waals surface area (Å²) < 4.78 is 1.76. The molecular formula is C21H26N4O2S. The fraction of sp³-hybridized carbons (Fsp3) is 0.524. The molecule has 7 heteroatoms. The Morgan fingerprint density at radius 1 is 1.07 bits per heavy atom. The molecule has 1 fully saturated rings. The number of carbonyl (C=O) groups is 1. The summed E-state index contributed by atoms with van der Waals surface area (Å²) in [6.45, 7) is 2.17. The highest BCUT2D eigenvalue weighted by molar-refractivity contribution is 7.99. The molecule has 0 radical (unpaired) electrons. The van der Waals surface area contributed by atoms with E-state index in [9.17, 15) is 9.59 Å². The van der Waals surface area contributed by atoms with Gasteiger partial charge in [0.1, 0.15) is 5.03 Å². The second-order valence-electron chi connectivity index (χ2n) is 7.47. The average molecular weight is 399 g/mol. The fourth-order valence-corrected chi connectivity index (χ4v) is 5.04. The van der Waals surface area contributed by atoms with Crippen LogP contribution in [-0.2, 0) is 24.2 Å². The molecule has 0 saturated carbocycles. The van der Waals surface area contributed by atoms with Gasteiger partial charge in [0.15, 0.2) is 0 Å². The Morgan fingerprint density at radius 2 is 1.89 bits per heavy atom. The van der Waals surface area contributed by atoms with Crippen LogP contribution >= 0.6 is 11.8 Å². The van der Waals surface area contributed by atoms with Crippen LogP contribution in [0.5, 0.6) is 0 Å². The molecule has 2 aliphatic rings. The van der Waals surface area contributed by atoms with Crippen LogP contribution < -0.4 is 5.69 Å². The molecule has 0 N–H and O–H groups in total. The van der Waals surface area contributed by atoms with E-state index >= 15 is 0 Å². The molecule has 4 rings (SSSR count). The van der Waals surface area contributed by atoms with Crippen LogP contribution in [-0.4, -0.2) is 44.2 Å². The molecule has 148 valence electrons. The number of amides is 1. The monoisotopic (exact) mass is 398 g/mol. The predicted molar refractivity (Wildman–Crippen MR) is 110 cm³/mol. The molecule has 0 aromatic carbocycles. The first-order valence-electron chi connectivity index (χ1n) is 10.2. The second-order valence-corrected chi connectivity index (χ2v) is 8.43. The highest BCUT2D eigenvalue weighted by Crippen LogP contribution is 2.29. The summed E-state index contributed by atoms with van der Waals surface area (Å²) in [6.07, 6.45) is 9.17. The number of aromatic nitrogens is 3. The number of carbonyl (C=O) groups excluding carboxylic acids is 1. The van der Waals surface area contributed by atoms with Gasteiger partial charge in [-0.1, -0.05) is 30.7 Å². The summed E-state index contributed by atoms with van der Waals surface area (Å²) >= 11 is 1.43. The molecule has 1 aliphatic carbocycles. The van der Waals surface area contributed by atoms with Gasteiger partial charge in [-0.3, -0.25) is 14.3 Å². The third kappa shape index (κ3) is 4.29. The summed E-state index contributed by atoms with van der Waals surface area (Å²) in [5.41, 5.74) is 2.83. The van der Waals surface area contributed by atoms with Crippen molar-refractivity contribution in [1.29, 1.82) is 0 Å². The first-order chi connectivity index (χ1) is 13.7. The van der Waals surface area contributed by atoms with Crippen molar-refractivity contribution in [2.75, 3.05) is 18.8 Å². The van der Waals surface area contributed by atoms with Gasteiger partial charge in [-0.05, 0) is 44.2 Å². The average Bonchev–Trinajstić information content (AvgIpc) is 3.04. The second kappa shape index (κ2) is 8.90. The molecule has 2 aromatic rings. The zero-order valence-electron chi connectivity index (χ0n) is 16.1. The molecule has 0 bridgehead atoms. The van der Waals surface area contributed by atoms with Crippen LogP contribution in [0.4, 0.5) is 0 Å². The quantitative estimate of drug-likeness (QED) is 0.572. The van der Waals surface area contributed by atoms with Crippen LogP contribution in [0.1, 0.15) is 49.1 Å². The lowest BCUT2D eigenvalue weighted by Gasteiger charge is -2.20. The lowest BCUT2D eigenvalue weighted by atomic mass is 10.2. The summed E-state index contributed by atoms with van der Waals surface area (Å²) in [5, 5.41) is 0.748. The van der Waals surface area contributed by atoms with E-state index in [1.165, 1.54) is 24.6 Å². The molecule has 28 heavy (non-hydrogen) atoms. The van der Waals surface area contributed by atoms with E-state index in [1.807, 2.05) is 23.1 Å². The van der Waals surface area contributed by atoms with Crippen molar-refractivity contribution in [3.8, 4) is 0 Å². The lowest BCUT2D eigenvalue weighted by Crippen LogP contribution is -2.33. The maximum atomic E-state index is 12.7. The van der Waals surface area contributed by atoms with Gasteiger partial charge in [-0.2, -0.15) is 4.98 Å². The maximum Gasteiger partial charge on any atom is 0.349 e. The summed E-state index contributed by atoms with van der Waals surface area (Å²) in [4.78, 5) is 36.0. The largest absolute Gasteiger partial charge is 0.349 e. The number of nitrogens with zero attached hydrogens (tertiary/aromatic N) is 4. The zero-order valence-corrected chi connectivity index (χ0v) is 16.9. The molecule has 1 amide bonds. The molecule has 1 saturated heterocycles. The van der Waals surface area contributed by atoms with Gasteiger partial charge in [0.2, 0.25) is 5.91 Å². The number of hydrogen-bond acceptors (Lipinski definition) is 5. The Balaban J connectivity index is 1.51. The Kier molecular flexibility index (Phi) is 6.10. The third-order valence-electron chi connectivity index (χ3n) is 5.54. The summed E-state index contributed by atoms with van der Waals surface area (Å²) in [6, 6.07) is 5.73. The number of rotatable bonds is 5. The van der Waals surface area contributed by atoms with Gasteiger partial charge in [0.25, 0.3) is 0 Å². The van der Waals surface area contributed by atoms with Gasteiger partial charge in [-0.15, -0.1) is 0 Å². The minimum absolute atomic E-state index is 0.165. The first-order valence-corrected chi connectivity index (χ1v) is 11.1. The number of thioether (sulfide) groups is 1. The number of fused-ring (bicyclic) bond motifs is 1. The molecular weight excluding hydrogens is 372 g/mol. The van der Waals surface area contributed by atoms with E-state index in [-0.39, 0.29) is 11.6 Å². The maximum absolute atomic E-state index is 12.7. The number of hydrogen-bond donors (Lipinski definition) is 0. The van der Waals surface area contributed by atoms with Crippen molar-refractivity contribution in [2.24, 2.45) is 0 Å². The molecule has 3 heterocycles. The van der Waals surface area contributed by atoms with Crippen LogP contribution in [0.25, 0.3) is 0 Å². The number of likely N-dealkylation sites (tertiary alicyclic amines) is 1. The standard InChI is InChI=1S/C21H26N4O2S/c26-19(24-12-5-1-2-6-13-24)15-28-20-17-9-7-10-18(17)25(21(27)23-20)14-16-8-3-4-11-22-16/h3-4,8,11H,1-2,5-7,9-10,12-15H2. The van der Waals surface area contributed by atoms with E-state index in [1.54, 1.807) is 10.8 Å². The Labute approximate surface area is 169 Å². The van der Waals surface area contributed by atoms with Crippen molar-refractivity contribution < 1.29 is 4.79 Å². The van der Waals surface area contributed by atoms with E-state index in [0.29, 0.717) is 12.3 Å². The highest BCUT2D eigenvalue weighted by atomic mass is 32.2. The fourth-order valence-electron chi connectivity index (χ4n) is 4.06. The van der Waals surface area contributed by atoms with Gasteiger partial charge in [-0.25, -0.2) is 4.79 Å². The zero-order chi connectivity index (χ0) is 19.3. The summed E-state index contributed by atoms with van der Waals surface area (Å²) in [7, 11) is 0. The summed E-state index contributed by atoms with van der Waals surface area (Å²) in [5.74, 6) is 0.529. The minimum Gasteiger partial charge on any atom is -0.342 e. The van der Waals surface area contributed by atoms with E-state index < -0.39 is 0 Å². The van der Waals surface area contributed by atoms with Crippen LogP contribution in [0.15, 0.2) is 34.2 Å². The lowest BCUT2D eigenvalue weighted by molar-refractivity contribution is -0.128. The van der Waals surface area contributed by atoms with Crippen molar-refractivity contribution >= 4 is 17.7 Å². The van der Waals surface area contributed by atoms with Crippen LogP contribution in [0.3, 0.4) is 0 Å². The Hall–Kier alpha value is -2.15. The Morgan fingerprint density at radius 3 is 2.64 bits per heavy atom. The molecule has 0 spiro atoms. The van der Waals surface area contributed by atoms with Crippen molar-refractivity contribution in [3.63, 3.8) is 0 Å².